The normalized spacial score (nSPS) is 28.1. The van der Waals surface area contributed by atoms with Gasteiger partial charge in [-0.25, -0.2) is 4.98 Å². The molecule has 21 heavy (non-hydrogen) atoms. The number of nitrogens with one attached hydrogen (secondary N) is 2. The Kier molecular flexibility index (Phi) is 4.41. The Bertz CT molecular complexity index is 494. The lowest BCUT2D eigenvalue weighted by atomic mass is 9.86. The maximum absolute atomic E-state index is 4.27. The molecule has 1 aromatic heterocycles. The van der Waals surface area contributed by atoms with E-state index in [1.165, 1.54) is 32.1 Å². The quantitative estimate of drug-likeness (QED) is 0.634. The fourth-order valence-corrected chi connectivity index (χ4v) is 3.97. The van der Waals surface area contributed by atoms with Crippen molar-refractivity contribution in [1.82, 2.24) is 25.4 Å². The average Bonchev–Trinajstić information content (AvgIpc) is 3.19. The van der Waals surface area contributed by atoms with Gasteiger partial charge in [0.25, 0.3) is 0 Å². The van der Waals surface area contributed by atoms with Crippen LogP contribution in [0.2, 0.25) is 0 Å². The molecule has 6 nitrogen and oxygen atoms in total. The molecule has 2 fully saturated rings. The summed E-state index contributed by atoms with van der Waals surface area (Å²) in [6.07, 6.45) is 8.74. The van der Waals surface area contributed by atoms with Gasteiger partial charge in [0.1, 0.15) is 12.2 Å². The van der Waals surface area contributed by atoms with E-state index in [1.54, 1.807) is 11.0 Å². The van der Waals surface area contributed by atoms with E-state index >= 15 is 0 Å². The second-order valence-corrected chi connectivity index (χ2v) is 6.38. The summed E-state index contributed by atoms with van der Waals surface area (Å²) >= 11 is 0. The molecule has 2 saturated carbocycles. The van der Waals surface area contributed by atoms with Crippen molar-refractivity contribution in [1.29, 1.82) is 0 Å². The Balaban J connectivity index is 1.38. The average molecular weight is 290 g/mol. The van der Waals surface area contributed by atoms with Gasteiger partial charge in [0.2, 0.25) is 0 Å². The van der Waals surface area contributed by atoms with E-state index in [4.69, 9.17) is 0 Å². The first-order chi connectivity index (χ1) is 10.3. The van der Waals surface area contributed by atoms with E-state index in [0.717, 1.165) is 36.1 Å². The lowest BCUT2D eigenvalue weighted by Crippen LogP contribution is -2.38. The molecular formula is C15H26N6. The van der Waals surface area contributed by atoms with Gasteiger partial charge in [-0.05, 0) is 43.4 Å². The standard InChI is InChI=1S/C15H26N6/c1-16-15(18-9-14-19-10-20-21(14)2)17-6-5-13-8-11-3-4-12(13)7-11/h10-13H,3-9H2,1-2H3,(H2,16,17,18). The van der Waals surface area contributed by atoms with Crippen molar-refractivity contribution >= 4 is 5.96 Å². The zero-order chi connectivity index (χ0) is 14.7. The number of aryl methyl sites for hydroxylation is 1. The third-order valence-corrected chi connectivity index (χ3v) is 5.13. The van der Waals surface area contributed by atoms with Gasteiger partial charge in [0.15, 0.2) is 5.96 Å². The molecule has 1 aromatic rings. The topological polar surface area (TPSA) is 67.1 Å². The Labute approximate surface area is 126 Å². The maximum Gasteiger partial charge on any atom is 0.191 e. The lowest BCUT2D eigenvalue weighted by molar-refractivity contribution is 0.315. The Morgan fingerprint density at radius 2 is 2.29 bits per heavy atom. The molecule has 116 valence electrons. The number of guanidine groups is 1. The van der Waals surface area contributed by atoms with Gasteiger partial charge < -0.3 is 10.6 Å². The number of hydrogen-bond donors (Lipinski definition) is 2. The summed E-state index contributed by atoms with van der Waals surface area (Å²) in [6, 6.07) is 0. The highest BCUT2D eigenvalue weighted by Gasteiger charge is 2.38. The maximum atomic E-state index is 4.27. The molecular weight excluding hydrogens is 264 g/mol. The van der Waals surface area contributed by atoms with E-state index in [1.807, 2.05) is 14.1 Å². The van der Waals surface area contributed by atoms with Crippen molar-refractivity contribution < 1.29 is 0 Å². The number of aromatic nitrogens is 3. The molecule has 2 bridgehead atoms. The highest BCUT2D eigenvalue weighted by atomic mass is 15.3. The minimum atomic E-state index is 0.643. The van der Waals surface area contributed by atoms with Gasteiger partial charge in [-0.2, -0.15) is 5.10 Å². The van der Waals surface area contributed by atoms with Crippen LogP contribution in [-0.2, 0) is 13.6 Å². The van der Waals surface area contributed by atoms with E-state index in [-0.39, 0.29) is 0 Å². The Morgan fingerprint density at radius 3 is 2.90 bits per heavy atom. The highest BCUT2D eigenvalue weighted by molar-refractivity contribution is 5.79. The summed E-state index contributed by atoms with van der Waals surface area (Å²) in [5.41, 5.74) is 0. The first-order valence-electron chi connectivity index (χ1n) is 8.03. The molecule has 0 spiro atoms. The lowest BCUT2D eigenvalue weighted by Gasteiger charge is -2.22. The molecule has 0 aliphatic heterocycles. The molecule has 3 rings (SSSR count). The van der Waals surface area contributed by atoms with Crippen LogP contribution in [0.3, 0.4) is 0 Å². The molecule has 0 amide bonds. The van der Waals surface area contributed by atoms with Crippen molar-refractivity contribution in [2.24, 2.45) is 29.8 Å². The fourth-order valence-electron chi connectivity index (χ4n) is 3.97. The molecule has 3 unspecified atom stereocenters. The van der Waals surface area contributed by atoms with Crippen LogP contribution in [0, 0.1) is 17.8 Å². The van der Waals surface area contributed by atoms with Crippen LogP contribution in [0.5, 0.6) is 0 Å². The Hall–Kier alpha value is -1.59. The van der Waals surface area contributed by atoms with Gasteiger partial charge in [-0.15, -0.1) is 0 Å². The molecule has 0 radical (unpaired) electrons. The molecule has 2 aliphatic carbocycles. The largest absolute Gasteiger partial charge is 0.356 e. The number of aliphatic imine (C=N–C) groups is 1. The van der Waals surface area contributed by atoms with Gasteiger partial charge in [-0.3, -0.25) is 9.67 Å². The summed E-state index contributed by atoms with van der Waals surface area (Å²) < 4.78 is 1.77. The van der Waals surface area contributed by atoms with Gasteiger partial charge >= 0.3 is 0 Å². The van der Waals surface area contributed by atoms with Crippen molar-refractivity contribution in [3.8, 4) is 0 Å². The van der Waals surface area contributed by atoms with Crippen molar-refractivity contribution in [3.05, 3.63) is 12.2 Å². The van der Waals surface area contributed by atoms with Gasteiger partial charge in [0, 0.05) is 20.6 Å². The van der Waals surface area contributed by atoms with Crippen LogP contribution < -0.4 is 10.6 Å². The summed E-state index contributed by atoms with van der Waals surface area (Å²) in [6.45, 7) is 1.65. The molecule has 6 heteroatoms. The van der Waals surface area contributed by atoms with Gasteiger partial charge in [0.05, 0.1) is 6.54 Å². The molecule has 2 N–H and O–H groups in total. The summed E-state index contributed by atoms with van der Waals surface area (Å²) in [5, 5.41) is 10.8. The molecule has 1 heterocycles. The zero-order valence-electron chi connectivity index (χ0n) is 13.0. The minimum Gasteiger partial charge on any atom is -0.356 e. The highest BCUT2D eigenvalue weighted by Crippen LogP contribution is 2.49. The summed E-state index contributed by atoms with van der Waals surface area (Å²) in [4.78, 5) is 8.46. The molecule has 3 atom stereocenters. The third kappa shape index (κ3) is 3.36. The van der Waals surface area contributed by atoms with Crippen LogP contribution in [-0.4, -0.2) is 34.3 Å². The summed E-state index contributed by atoms with van der Waals surface area (Å²) in [5.74, 6) is 4.74. The monoisotopic (exact) mass is 290 g/mol. The number of hydrogen-bond acceptors (Lipinski definition) is 3. The Morgan fingerprint density at radius 1 is 1.38 bits per heavy atom. The van der Waals surface area contributed by atoms with Crippen molar-refractivity contribution in [3.63, 3.8) is 0 Å². The van der Waals surface area contributed by atoms with E-state index < -0.39 is 0 Å². The second-order valence-electron chi connectivity index (χ2n) is 6.38. The second kappa shape index (κ2) is 6.45. The van der Waals surface area contributed by atoms with Crippen molar-refractivity contribution in [2.75, 3.05) is 13.6 Å². The van der Waals surface area contributed by atoms with Crippen molar-refractivity contribution in [2.45, 2.75) is 38.6 Å². The predicted molar refractivity (Wildman–Crippen MR) is 82.8 cm³/mol. The molecule has 0 saturated heterocycles. The van der Waals surface area contributed by atoms with Crippen LogP contribution in [0.25, 0.3) is 0 Å². The zero-order valence-corrected chi connectivity index (χ0v) is 13.0. The van der Waals surface area contributed by atoms with Gasteiger partial charge in [-0.1, -0.05) is 6.42 Å². The first kappa shape index (κ1) is 14.4. The number of rotatable bonds is 5. The molecule has 2 aliphatic rings. The summed E-state index contributed by atoms with van der Waals surface area (Å²) in [7, 11) is 3.71. The third-order valence-electron chi connectivity index (χ3n) is 5.13. The first-order valence-corrected chi connectivity index (χ1v) is 8.03. The van der Waals surface area contributed by atoms with Crippen LogP contribution in [0.4, 0.5) is 0 Å². The SMILES string of the molecule is CN=C(NCCC1CC2CCC1C2)NCc1ncnn1C. The van der Waals surface area contributed by atoms with E-state index in [0.29, 0.717) is 6.54 Å². The molecule has 0 aromatic carbocycles. The number of nitrogens with zero attached hydrogens (tertiary/aromatic N) is 4. The van der Waals surface area contributed by atoms with Crippen LogP contribution >= 0.6 is 0 Å². The predicted octanol–water partition coefficient (Wildman–Crippen LogP) is 1.31. The van der Waals surface area contributed by atoms with E-state index in [2.05, 4.69) is 25.7 Å². The smallest absolute Gasteiger partial charge is 0.191 e. The number of fused-ring (bicyclic) bond motifs is 2. The van der Waals surface area contributed by atoms with Crippen LogP contribution in [0.15, 0.2) is 11.3 Å². The minimum absolute atomic E-state index is 0.643. The van der Waals surface area contributed by atoms with Crippen LogP contribution in [0.1, 0.15) is 37.9 Å². The van der Waals surface area contributed by atoms with E-state index in [9.17, 15) is 0 Å². The fraction of sp³-hybridized carbons (Fsp3) is 0.800.